The molecule has 5 nitrogen and oxygen atoms in total. The van der Waals surface area contributed by atoms with Gasteiger partial charge in [0.1, 0.15) is 23.9 Å². The fraction of sp³-hybridized carbons (Fsp3) is 0.280. The van der Waals surface area contributed by atoms with Crippen LogP contribution in [0.4, 0.5) is 0 Å². The van der Waals surface area contributed by atoms with Gasteiger partial charge in [-0.1, -0.05) is 91.0 Å². The fourth-order valence-corrected chi connectivity index (χ4v) is 4.02. The van der Waals surface area contributed by atoms with Gasteiger partial charge in [0.05, 0.1) is 6.61 Å². The molecule has 3 aromatic carbocycles. The van der Waals surface area contributed by atoms with Crippen molar-refractivity contribution in [3.8, 4) is 0 Å². The monoisotopic (exact) mass is 406 g/mol. The van der Waals surface area contributed by atoms with Crippen LogP contribution in [0.15, 0.2) is 91.0 Å². The first-order valence-corrected chi connectivity index (χ1v) is 10.0. The van der Waals surface area contributed by atoms with Crippen molar-refractivity contribution in [2.24, 2.45) is 0 Å². The predicted octanol–water partition coefficient (Wildman–Crippen LogP) is 3.09. The van der Waals surface area contributed by atoms with Crippen LogP contribution in [0.5, 0.6) is 0 Å². The molecule has 1 aliphatic heterocycles. The van der Waals surface area contributed by atoms with E-state index in [9.17, 15) is 10.2 Å². The van der Waals surface area contributed by atoms with Gasteiger partial charge in [0, 0.05) is 7.11 Å². The fourth-order valence-electron chi connectivity index (χ4n) is 4.02. The topological polar surface area (TPSA) is 68.2 Å². The van der Waals surface area contributed by atoms with Gasteiger partial charge in [-0.15, -0.1) is 0 Å². The van der Waals surface area contributed by atoms with Crippen LogP contribution < -0.4 is 0 Å². The van der Waals surface area contributed by atoms with Crippen LogP contribution >= 0.6 is 0 Å². The number of ether oxygens (including phenoxy) is 3. The first kappa shape index (κ1) is 20.7. The molecule has 1 saturated heterocycles. The normalized spacial score (nSPS) is 24.1. The molecule has 0 saturated carbocycles. The molecular formula is C25H26O5. The summed E-state index contributed by atoms with van der Waals surface area (Å²) in [5.74, 6) is 0. The molecular weight excluding hydrogens is 380 g/mol. The number of methoxy groups -OCH3 is 1. The van der Waals surface area contributed by atoms with E-state index < -0.39 is 30.2 Å². The third-order valence-electron chi connectivity index (χ3n) is 5.56. The van der Waals surface area contributed by atoms with Gasteiger partial charge in [0.2, 0.25) is 0 Å². The molecule has 0 aromatic heterocycles. The summed E-state index contributed by atoms with van der Waals surface area (Å²) in [7, 11) is 1.44. The Balaban J connectivity index is 1.78. The van der Waals surface area contributed by atoms with Gasteiger partial charge in [-0.3, -0.25) is 0 Å². The zero-order valence-electron chi connectivity index (χ0n) is 16.8. The number of hydrogen-bond donors (Lipinski definition) is 2. The summed E-state index contributed by atoms with van der Waals surface area (Å²) < 4.78 is 17.4. The highest BCUT2D eigenvalue weighted by Crippen LogP contribution is 2.41. The summed E-state index contributed by atoms with van der Waals surface area (Å²) in [5, 5.41) is 20.6. The van der Waals surface area contributed by atoms with E-state index >= 15 is 0 Å². The third-order valence-corrected chi connectivity index (χ3v) is 5.56. The maximum atomic E-state index is 10.4. The lowest BCUT2D eigenvalue weighted by atomic mass is 9.80. The van der Waals surface area contributed by atoms with Crippen LogP contribution in [0.25, 0.3) is 0 Å². The smallest absolute Gasteiger partial charge is 0.186 e. The molecule has 0 spiro atoms. The average Bonchev–Trinajstić information content (AvgIpc) is 3.09. The van der Waals surface area contributed by atoms with E-state index in [1.807, 2.05) is 91.0 Å². The largest absolute Gasteiger partial charge is 0.387 e. The van der Waals surface area contributed by atoms with Crippen LogP contribution in [0.3, 0.4) is 0 Å². The zero-order valence-corrected chi connectivity index (χ0v) is 16.8. The zero-order chi connectivity index (χ0) is 21.0. The second-order valence-electron chi connectivity index (χ2n) is 7.35. The van der Waals surface area contributed by atoms with Gasteiger partial charge in [-0.05, 0) is 16.7 Å². The molecule has 4 rings (SSSR count). The predicted molar refractivity (Wildman–Crippen MR) is 113 cm³/mol. The van der Waals surface area contributed by atoms with Crippen LogP contribution in [0.1, 0.15) is 16.7 Å². The van der Waals surface area contributed by atoms with Gasteiger partial charge >= 0.3 is 0 Å². The first-order chi connectivity index (χ1) is 14.7. The molecule has 3 aromatic rings. The summed E-state index contributed by atoms with van der Waals surface area (Å²) >= 11 is 0. The van der Waals surface area contributed by atoms with E-state index in [0.717, 1.165) is 16.7 Å². The van der Waals surface area contributed by atoms with Crippen molar-refractivity contribution in [3.63, 3.8) is 0 Å². The highest BCUT2D eigenvalue weighted by molar-refractivity contribution is 5.47. The molecule has 156 valence electrons. The van der Waals surface area contributed by atoms with E-state index in [-0.39, 0.29) is 6.61 Å². The van der Waals surface area contributed by atoms with Gasteiger partial charge in [-0.25, -0.2) is 0 Å². The standard InChI is InChI=1S/C25H26O5/c1-28-24-23(27)22(26)21(30-24)17-29-25(18-11-5-2-6-12-18,19-13-7-3-8-14-19)20-15-9-4-10-16-20/h2-16,21-24,26-27H,17H2,1H3/t21-,22-,23+,24?/m1/s1. The summed E-state index contributed by atoms with van der Waals surface area (Å²) in [5.41, 5.74) is 1.96. The van der Waals surface area contributed by atoms with E-state index in [4.69, 9.17) is 14.2 Å². The summed E-state index contributed by atoms with van der Waals surface area (Å²) in [4.78, 5) is 0. The van der Waals surface area contributed by atoms with Gasteiger partial charge < -0.3 is 24.4 Å². The lowest BCUT2D eigenvalue weighted by Crippen LogP contribution is -2.39. The molecule has 2 N–H and O–H groups in total. The lowest BCUT2D eigenvalue weighted by molar-refractivity contribution is -0.162. The summed E-state index contributed by atoms with van der Waals surface area (Å²) in [6.45, 7) is 0.0662. The number of benzene rings is 3. The Morgan fingerprint density at radius 2 is 1.17 bits per heavy atom. The van der Waals surface area contributed by atoms with Crippen LogP contribution in [-0.4, -0.2) is 48.5 Å². The van der Waals surface area contributed by atoms with Crippen molar-refractivity contribution < 1.29 is 24.4 Å². The van der Waals surface area contributed by atoms with Crippen molar-refractivity contribution in [2.45, 2.75) is 30.2 Å². The van der Waals surface area contributed by atoms with Crippen molar-refractivity contribution in [1.29, 1.82) is 0 Å². The number of rotatable bonds is 7. The molecule has 0 aliphatic carbocycles. The Kier molecular flexibility index (Phi) is 6.27. The minimum atomic E-state index is -1.12. The van der Waals surface area contributed by atoms with Gasteiger partial charge in [-0.2, -0.15) is 0 Å². The first-order valence-electron chi connectivity index (χ1n) is 10.0. The Morgan fingerprint density at radius 1 is 0.733 bits per heavy atom. The number of aliphatic hydroxyl groups excluding tert-OH is 2. The molecule has 0 radical (unpaired) electrons. The van der Waals surface area contributed by atoms with Crippen molar-refractivity contribution in [3.05, 3.63) is 108 Å². The SMILES string of the molecule is COC1O[C@H](COC(c2ccccc2)(c2ccccc2)c2ccccc2)[C@@H](O)[C@@H]1O. The minimum absolute atomic E-state index is 0.0662. The molecule has 5 heteroatoms. The van der Waals surface area contributed by atoms with Crippen molar-refractivity contribution in [2.75, 3.05) is 13.7 Å². The van der Waals surface area contributed by atoms with E-state index in [0.29, 0.717) is 0 Å². The number of hydrogen-bond acceptors (Lipinski definition) is 5. The summed E-state index contributed by atoms with van der Waals surface area (Å²) in [6, 6.07) is 29.9. The second kappa shape index (κ2) is 9.08. The molecule has 1 fully saturated rings. The lowest BCUT2D eigenvalue weighted by Gasteiger charge is -2.37. The quantitative estimate of drug-likeness (QED) is 0.590. The maximum absolute atomic E-state index is 10.4. The minimum Gasteiger partial charge on any atom is -0.387 e. The molecule has 0 amide bonds. The molecule has 4 atom stereocenters. The summed E-state index contributed by atoms with van der Waals surface area (Å²) in [6.07, 6.45) is -3.83. The molecule has 0 bridgehead atoms. The Bertz CT molecular complexity index is 819. The molecule has 1 unspecified atom stereocenters. The van der Waals surface area contributed by atoms with E-state index in [2.05, 4.69) is 0 Å². The number of aliphatic hydroxyl groups is 2. The highest BCUT2D eigenvalue weighted by Gasteiger charge is 2.45. The van der Waals surface area contributed by atoms with Crippen molar-refractivity contribution >= 4 is 0 Å². The van der Waals surface area contributed by atoms with Crippen LogP contribution in [0, 0.1) is 0 Å². The van der Waals surface area contributed by atoms with E-state index in [1.54, 1.807) is 0 Å². The highest BCUT2D eigenvalue weighted by atomic mass is 16.7. The Morgan fingerprint density at radius 3 is 1.53 bits per heavy atom. The van der Waals surface area contributed by atoms with E-state index in [1.165, 1.54) is 7.11 Å². The van der Waals surface area contributed by atoms with Gasteiger partial charge in [0.25, 0.3) is 0 Å². The maximum Gasteiger partial charge on any atom is 0.186 e. The Labute approximate surface area is 176 Å². The van der Waals surface area contributed by atoms with Crippen molar-refractivity contribution in [1.82, 2.24) is 0 Å². The third kappa shape index (κ3) is 3.78. The molecule has 1 heterocycles. The Hall–Kier alpha value is -2.54. The van der Waals surface area contributed by atoms with Crippen LogP contribution in [-0.2, 0) is 19.8 Å². The second-order valence-corrected chi connectivity index (χ2v) is 7.35. The molecule has 30 heavy (non-hydrogen) atoms. The van der Waals surface area contributed by atoms with Gasteiger partial charge in [0.15, 0.2) is 6.29 Å². The van der Waals surface area contributed by atoms with Crippen LogP contribution in [0.2, 0.25) is 0 Å². The average molecular weight is 406 g/mol. The molecule has 1 aliphatic rings.